The second kappa shape index (κ2) is 7.43. The average Bonchev–Trinajstić information content (AvgIpc) is 3.31. The lowest BCUT2D eigenvalue weighted by Gasteiger charge is -2.28. The molecule has 2 N–H and O–H groups in total. The Balaban J connectivity index is 1.96. The summed E-state index contributed by atoms with van der Waals surface area (Å²) in [5.41, 5.74) is 5.22. The van der Waals surface area contributed by atoms with Crippen LogP contribution in [0.25, 0.3) is 0 Å². The summed E-state index contributed by atoms with van der Waals surface area (Å²) in [6, 6.07) is 4.95. The van der Waals surface area contributed by atoms with Crippen LogP contribution in [-0.4, -0.2) is 50.3 Å². The van der Waals surface area contributed by atoms with E-state index < -0.39 is 11.4 Å². The second-order valence-corrected chi connectivity index (χ2v) is 6.97. The molecule has 1 atom stereocenters. The van der Waals surface area contributed by atoms with Crippen LogP contribution >= 0.6 is 0 Å². The van der Waals surface area contributed by atoms with Gasteiger partial charge in [-0.3, -0.25) is 4.79 Å². The van der Waals surface area contributed by atoms with Crippen LogP contribution in [0, 0.1) is 0 Å². The highest BCUT2D eigenvalue weighted by atomic mass is 16.5. The van der Waals surface area contributed by atoms with E-state index in [1.807, 2.05) is 12.1 Å². The molecule has 0 spiro atoms. The molecule has 7 nitrogen and oxygen atoms in total. The summed E-state index contributed by atoms with van der Waals surface area (Å²) in [4.78, 5) is 25.7. The first-order valence-corrected chi connectivity index (χ1v) is 8.98. The minimum atomic E-state index is -0.941. The van der Waals surface area contributed by atoms with Gasteiger partial charge in [0, 0.05) is 13.1 Å². The minimum absolute atomic E-state index is 0.166. The van der Waals surface area contributed by atoms with Crippen LogP contribution in [-0.2, 0) is 14.9 Å². The third-order valence-electron chi connectivity index (χ3n) is 5.47. The number of hydrogen-bond acceptors (Lipinski definition) is 5. The summed E-state index contributed by atoms with van der Waals surface area (Å²) in [6.07, 6.45) is 4.98. The fourth-order valence-electron chi connectivity index (χ4n) is 3.97. The number of ether oxygens (including phenoxy) is 3. The van der Waals surface area contributed by atoms with E-state index in [0.717, 1.165) is 31.2 Å². The first kappa shape index (κ1) is 18.4. The standard InChI is InChI=1S/C19H26N2O5/c1-24-15-8-7-13(11-16(15)26-14-5-3-4-6-14)19(17(22)25-2)9-10-21(12-19)18(20)23/h7-8,11,14H,3-6,9-10,12H2,1-2H3,(H2,20,23). The molecule has 2 aliphatic rings. The highest BCUT2D eigenvalue weighted by Gasteiger charge is 2.48. The maximum atomic E-state index is 12.6. The number of hydrogen-bond donors (Lipinski definition) is 1. The number of nitrogens with two attached hydrogens (primary N) is 1. The third-order valence-corrected chi connectivity index (χ3v) is 5.47. The molecule has 0 aromatic heterocycles. The Labute approximate surface area is 153 Å². The van der Waals surface area contributed by atoms with Crippen LogP contribution < -0.4 is 15.2 Å². The molecule has 1 unspecified atom stereocenters. The molecule has 142 valence electrons. The highest BCUT2D eigenvalue weighted by molar-refractivity contribution is 5.86. The SMILES string of the molecule is COC(=O)C1(c2ccc(OC)c(OC3CCCC3)c2)CCN(C(N)=O)C1. The zero-order valence-corrected chi connectivity index (χ0v) is 15.3. The van der Waals surface area contributed by atoms with E-state index in [-0.39, 0.29) is 18.6 Å². The molecule has 0 radical (unpaired) electrons. The molecular weight excluding hydrogens is 336 g/mol. The van der Waals surface area contributed by atoms with E-state index in [9.17, 15) is 9.59 Å². The van der Waals surface area contributed by atoms with Crippen molar-refractivity contribution in [3.63, 3.8) is 0 Å². The summed E-state index contributed by atoms with van der Waals surface area (Å²) in [6.45, 7) is 0.611. The fraction of sp³-hybridized carbons (Fsp3) is 0.579. The van der Waals surface area contributed by atoms with Gasteiger partial charge in [-0.1, -0.05) is 6.07 Å². The first-order valence-electron chi connectivity index (χ1n) is 8.98. The molecule has 2 amide bonds. The van der Waals surface area contributed by atoms with Gasteiger partial charge in [0.25, 0.3) is 0 Å². The molecule has 1 aromatic rings. The molecule has 1 aliphatic heterocycles. The summed E-state index contributed by atoms with van der Waals surface area (Å²) in [5, 5.41) is 0. The number of amides is 2. The lowest BCUT2D eigenvalue weighted by molar-refractivity contribution is -0.147. The zero-order valence-electron chi connectivity index (χ0n) is 15.3. The summed E-state index contributed by atoms with van der Waals surface area (Å²) in [7, 11) is 2.95. The van der Waals surface area contributed by atoms with Crippen LogP contribution in [0.3, 0.4) is 0 Å². The molecule has 3 rings (SSSR count). The van der Waals surface area contributed by atoms with Crippen molar-refractivity contribution in [2.24, 2.45) is 5.73 Å². The van der Waals surface area contributed by atoms with Crippen molar-refractivity contribution in [1.29, 1.82) is 0 Å². The van der Waals surface area contributed by atoms with Crippen LogP contribution in [0.15, 0.2) is 18.2 Å². The monoisotopic (exact) mass is 362 g/mol. The number of rotatable bonds is 5. The Morgan fingerprint density at radius 2 is 1.92 bits per heavy atom. The van der Waals surface area contributed by atoms with Gasteiger partial charge >= 0.3 is 12.0 Å². The van der Waals surface area contributed by atoms with E-state index >= 15 is 0 Å². The Bertz CT molecular complexity index is 687. The molecule has 0 bridgehead atoms. The molecule has 1 aliphatic carbocycles. The molecular formula is C19H26N2O5. The maximum absolute atomic E-state index is 12.6. The van der Waals surface area contributed by atoms with Crippen LogP contribution in [0.1, 0.15) is 37.7 Å². The van der Waals surface area contributed by atoms with Crippen molar-refractivity contribution in [2.75, 3.05) is 27.3 Å². The molecule has 26 heavy (non-hydrogen) atoms. The second-order valence-electron chi connectivity index (χ2n) is 6.97. The maximum Gasteiger partial charge on any atom is 0.318 e. The van der Waals surface area contributed by atoms with E-state index in [0.29, 0.717) is 24.5 Å². The van der Waals surface area contributed by atoms with Crippen molar-refractivity contribution in [2.45, 2.75) is 43.6 Å². The number of likely N-dealkylation sites (tertiary alicyclic amines) is 1. The predicted molar refractivity (Wildman–Crippen MR) is 95.3 cm³/mol. The Hall–Kier alpha value is -2.44. The quantitative estimate of drug-likeness (QED) is 0.811. The Morgan fingerprint density at radius 1 is 1.19 bits per heavy atom. The highest BCUT2D eigenvalue weighted by Crippen LogP contribution is 2.41. The summed E-state index contributed by atoms with van der Waals surface area (Å²) in [5.74, 6) is 0.876. The molecule has 7 heteroatoms. The van der Waals surface area contributed by atoms with Crippen LogP contribution in [0.5, 0.6) is 11.5 Å². The molecule has 1 saturated heterocycles. The van der Waals surface area contributed by atoms with E-state index in [1.165, 1.54) is 12.0 Å². The lowest BCUT2D eigenvalue weighted by Crippen LogP contribution is -2.42. The summed E-state index contributed by atoms with van der Waals surface area (Å²) < 4.78 is 16.6. The first-order chi connectivity index (χ1) is 12.5. The summed E-state index contributed by atoms with van der Waals surface area (Å²) >= 11 is 0. The van der Waals surface area contributed by atoms with E-state index in [2.05, 4.69) is 0 Å². The number of benzene rings is 1. The van der Waals surface area contributed by atoms with E-state index in [1.54, 1.807) is 13.2 Å². The van der Waals surface area contributed by atoms with Gasteiger partial charge in [0.2, 0.25) is 0 Å². The van der Waals surface area contributed by atoms with Crippen molar-refractivity contribution in [3.05, 3.63) is 23.8 Å². The number of carbonyl (C=O) groups excluding carboxylic acids is 2. The lowest BCUT2D eigenvalue weighted by atomic mass is 9.79. The van der Waals surface area contributed by atoms with Crippen molar-refractivity contribution < 1.29 is 23.8 Å². The molecule has 2 fully saturated rings. The molecule has 1 aromatic carbocycles. The zero-order chi connectivity index (χ0) is 18.7. The number of methoxy groups -OCH3 is 2. The van der Waals surface area contributed by atoms with Gasteiger partial charge in [-0.2, -0.15) is 0 Å². The Kier molecular flexibility index (Phi) is 5.25. The van der Waals surface area contributed by atoms with Crippen LogP contribution in [0.2, 0.25) is 0 Å². The molecule has 1 heterocycles. The van der Waals surface area contributed by atoms with Gasteiger partial charge in [0.1, 0.15) is 5.41 Å². The Morgan fingerprint density at radius 3 is 2.50 bits per heavy atom. The van der Waals surface area contributed by atoms with Gasteiger partial charge in [-0.25, -0.2) is 4.79 Å². The number of nitrogens with zero attached hydrogens (tertiary/aromatic N) is 1. The molecule has 1 saturated carbocycles. The minimum Gasteiger partial charge on any atom is -0.493 e. The number of carbonyl (C=O) groups is 2. The fourth-order valence-corrected chi connectivity index (χ4v) is 3.97. The van der Waals surface area contributed by atoms with E-state index in [4.69, 9.17) is 19.9 Å². The number of urea groups is 1. The van der Waals surface area contributed by atoms with Gasteiger partial charge in [-0.15, -0.1) is 0 Å². The average molecular weight is 362 g/mol. The largest absolute Gasteiger partial charge is 0.493 e. The van der Waals surface area contributed by atoms with Gasteiger partial charge in [0.15, 0.2) is 11.5 Å². The van der Waals surface area contributed by atoms with Gasteiger partial charge in [0.05, 0.1) is 20.3 Å². The normalized spacial score (nSPS) is 23.1. The van der Waals surface area contributed by atoms with Crippen molar-refractivity contribution in [1.82, 2.24) is 4.90 Å². The number of primary amides is 1. The topological polar surface area (TPSA) is 91.1 Å². The van der Waals surface area contributed by atoms with Gasteiger partial charge in [-0.05, 0) is 49.8 Å². The van der Waals surface area contributed by atoms with Crippen molar-refractivity contribution in [3.8, 4) is 11.5 Å². The third kappa shape index (κ3) is 3.30. The number of esters is 1. The van der Waals surface area contributed by atoms with Gasteiger partial charge < -0.3 is 24.8 Å². The predicted octanol–water partition coefficient (Wildman–Crippen LogP) is 2.21. The van der Waals surface area contributed by atoms with Crippen molar-refractivity contribution >= 4 is 12.0 Å². The van der Waals surface area contributed by atoms with Crippen LogP contribution in [0.4, 0.5) is 4.79 Å². The smallest absolute Gasteiger partial charge is 0.318 e.